The zero-order valence-electron chi connectivity index (χ0n) is 14.4. The van der Waals surface area contributed by atoms with Crippen molar-refractivity contribution in [3.8, 4) is 0 Å². The Morgan fingerprint density at radius 2 is 1.04 bits per heavy atom. The highest BCUT2D eigenvalue weighted by atomic mass is 31.1. The van der Waals surface area contributed by atoms with Gasteiger partial charge in [-0.15, -0.1) is 9.05 Å². The third-order valence-electron chi connectivity index (χ3n) is 1.88. The van der Waals surface area contributed by atoms with Crippen LogP contribution in [0, 0.1) is 0 Å². The molecule has 2 atom stereocenters. The lowest BCUT2D eigenvalue weighted by atomic mass is 10.4. The molecule has 0 aliphatic carbocycles. The first-order valence-corrected chi connectivity index (χ1v) is 10.1. The van der Waals surface area contributed by atoms with Crippen LogP contribution >= 0.6 is 16.1 Å². The molecular formula is C15H28O8P2+2. The van der Waals surface area contributed by atoms with E-state index >= 15 is 0 Å². The van der Waals surface area contributed by atoms with Gasteiger partial charge in [0.05, 0.1) is 0 Å². The van der Waals surface area contributed by atoms with Crippen LogP contribution in [0.2, 0.25) is 0 Å². The Bertz CT molecular complexity index is 444. The molecule has 0 bridgehead atoms. The van der Waals surface area contributed by atoms with Gasteiger partial charge in [0.1, 0.15) is 26.4 Å². The van der Waals surface area contributed by atoms with E-state index in [0.717, 1.165) is 0 Å². The molecule has 0 aromatic carbocycles. The summed E-state index contributed by atoms with van der Waals surface area (Å²) in [6.45, 7) is 13.3. The summed E-state index contributed by atoms with van der Waals surface area (Å²) >= 11 is 0. The van der Waals surface area contributed by atoms with Crippen molar-refractivity contribution in [1.29, 1.82) is 0 Å². The van der Waals surface area contributed by atoms with Gasteiger partial charge in [-0.3, -0.25) is 0 Å². The molecule has 0 N–H and O–H groups in total. The highest BCUT2D eigenvalue weighted by molar-refractivity contribution is 7.38. The van der Waals surface area contributed by atoms with E-state index in [9.17, 15) is 18.7 Å². The summed E-state index contributed by atoms with van der Waals surface area (Å²) in [6, 6.07) is 0. The van der Waals surface area contributed by atoms with Gasteiger partial charge in [-0.1, -0.05) is 20.6 Å². The molecule has 0 aliphatic heterocycles. The molecule has 0 heterocycles. The zero-order chi connectivity index (χ0) is 19.1. The molecular weight excluding hydrogens is 370 g/mol. The second-order valence-corrected chi connectivity index (χ2v) is 6.65. The van der Waals surface area contributed by atoms with Crippen LogP contribution in [0.1, 0.15) is 21.3 Å². The molecule has 25 heavy (non-hydrogen) atoms. The van der Waals surface area contributed by atoms with Gasteiger partial charge in [0, 0.05) is 11.1 Å². The summed E-state index contributed by atoms with van der Waals surface area (Å²) in [6.07, 6.45) is 0. The predicted molar refractivity (Wildman–Crippen MR) is 97.2 cm³/mol. The predicted octanol–water partition coefficient (Wildman–Crippen LogP) is 3.63. The molecule has 0 aliphatic rings. The molecule has 0 radical (unpaired) electrons. The molecule has 0 spiro atoms. The molecule has 10 heteroatoms. The number of carbonyl (C=O) groups is 2. The topological polar surface area (TPSA) is 105 Å². The molecule has 2 unspecified atom stereocenters. The molecule has 0 aromatic rings. The molecule has 0 rings (SSSR count). The Morgan fingerprint density at radius 1 is 0.760 bits per heavy atom. The Hall–Kier alpha value is -1.46. The second kappa shape index (κ2) is 17.4. The molecule has 0 aromatic heterocycles. The largest absolute Gasteiger partial charge is 0.504 e. The minimum absolute atomic E-state index is 0. The Morgan fingerprint density at radius 3 is 1.24 bits per heavy atom. The van der Waals surface area contributed by atoms with Crippen molar-refractivity contribution in [2.45, 2.75) is 21.3 Å². The SMILES string of the molecule is C.C=C(C)C(=O)OCCO[P+](C)=O.C=C(C)C(=O)OCCO[P+](C)=O. The normalized spacial score (nSPS) is 10.2. The number of ether oxygens (including phenoxy) is 2. The third kappa shape index (κ3) is 22.5. The molecule has 0 fully saturated rings. The average molecular weight is 398 g/mol. The minimum atomic E-state index is -1.61. The standard InChI is InChI=1S/2C7H12O4P.CH4/c2*1-6(2)7(8)10-4-5-11-12(3)9;/h2*1,4-5H2,2-3H3;1H4/q2*+1;. The van der Waals surface area contributed by atoms with E-state index in [2.05, 4.69) is 31.7 Å². The van der Waals surface area contributed by atoms with Crippen molar-refractivity contribution < 1.29 is 37.2 Å². The maximum absolute atomic E-state index is 10.7. The highest BCUT2D eigenvalue weighted by Gasteiger charge is 2.08. The summed E-state index contributed by atoms with van der Waals surface area (Å²) in [5.74, 6) is -0.908. The van der Waals surface area contributed by atoms with Crippen LogP contribution in [0.15, 0.2) is 24.3 Å². The summed E-state index contributed by atoms with van der Waals surface area (Å²) in [7, 11) is -3.22. The lowest BCUT2D eigenvalue weighted by Gasteiger charge is -1.99. The number of rotatable bonds is 10. The number of carbonyl (C=O) groups excluding carboxylic acids is 2. The Balaban J connectivity index is -0.000000372. The smallest absolute Gasteiger partial charge is 0.460 e. The highest BCUT2D eigenvalue weighted by Crippen LogP contribution is 2.14. The lowest BCUT2D eigenvalue weighted by molar-refractivity contribution is -0.140. The molecule has 0 saturated carbocycles. The quantitative estimate of drug-likeness (QED) is 0.238. The number of hydrogen-bond donors (Lipinski definition) is 0. The van der Waals surface area contributed by atoms with E-state index in [1.54, 1.807) is 13.8 Å². The summed E-state index contributed by atoms with van der Waals surface area (Å²) in [5.41, 5.74) is 0.687. The van der Waals surface area contributed by atoms with Crippen molar-refractivity contribution in [1.82, 2.24) is 0 Å². The van der Waals surface area contributed by atoms with Crippen LogP contribution in [-0.4, -0.2) is 51.7 Å². The monoisotopic (exact) mass is 398 g/mol. The first kappa shape index (κ1) is 28.3. The van der Waals surface area contributed by atoms with Gasteiger partial charge in [-0.05, 0) is 23.0 Å². The van der Waals surface area contributed by atoms with Gasteiger partial charge in [0.2, 0.25) is 0 Å². The van der Waals surface area contributed by atoms with Crippen LogP contribution in [0.4, 0.5) is 0 Å². The van der Waals surface area contributed by atoms with Gasteiger partial charge >= 0.3 is 28.0 Å². The summed E-state index contributed by atoms with van der Waals surface area (Å²) < 4.78 is 39.5. The molecule has 144 valence electrons. The van der Waals surface area contributed by atoms with Crippen LogP contribution < -0.4 is 0 Å². The van der Waals surface area contributed by atoms with Crippen molar-refractivity contribution in [2.24, 2.45) is 0 Å². The van der Waals surface area contributed by atoms with E-state index in [0.29, 0.717) is 11.1 Å². The summed E-state index contributed by atoms with van der Waals surface area (Å²) in [4.78, 5) is 21.5. The fourth-order valence-electron chi connectivity index (χ4n) is 0.847. The Labute approximate surface area is 151 Å². The van der Waals surface area contributed by atoms with Gasteiger partial charge < -0.3 is 9.47 Å². The second-order valence-electron chi connectivity index (χ2n) is 4.38. The number of hydrogen-bond acceptors (Lipinski definition) is 8. The molecule has 0 amide bonds. The average Bonchev–Trinajstić information content (AvgIpc) is 2.47. The van der Waals surface area contributed by atoms with E-state index in [1.165, 1.54) is 13.3 Å². The fraction of sp³-hybridized carbons (Fsp3) is 0.600. The van der Waals surface area contributed by atoms with E-state index in [1.807, 2.05) is 0 Å². The van der Waals surface area contributed by atoms with Gasteiger partial charge in [0.25, 0.3) is 0 Å². The van der Waals surface area contributed by atoms with Crippen LogP contribution in [-0.2, 0) is 37.2 Å². The van der Waals surface area contributed by atoms with Gasteiger partial charge in [-0.2, -0.15) is 0 Å². The van der Waals surface area contributed by atoms with Gasteiger partial charge in [0.15, 0.2) is 13.3 Å². The molecule has 8 nitrogen and oxygen atoms in total. The molecule has 0 saturated heterocycles. The van der Waals surface area contributed by atoms with Gasteiger partial charge in [-0.25, -0.2) is 9.59 Å². The maximum Gasteiger partial charge on any atom is 0.504 e. The minimum Gasteiger partial charge on any atom is -0.460 e. The number of esters is 2. The van der Waals surface area contributed by atoms with Crippen molar-refractivity contribution in [3.63, 3.8) is 0 Å². The first-order chi connectivity index (χ1) is 11.1. The maximum atomic E-state index is 10.7. The van der Waals surface area contributed by atoms with Crippen LogP contribution in [0.3, 0.4) is 0 Å². The Kier molecular flexibility index (Phi) is 19.7. The van der Waals surface area contributed by atoms with Crippen LogP contribution in [0.25, 0.3) is 0 Å². The van der Waals surface area contributed by atoms with E-state index < -0.39 is 28.0 Å². The first-order valence-electron chi connectivity index (χ1n) is 6.80. The van der Waals surface area contributed by atoms with Crippen LogP contribution in [0.5, 0.6) is 0 Å². The summed E-state index contributed by atoms with van der Waals surface area (Å²) in [5, 5.41) is 0. The zero-order valence-corrected chi connectivity index (χ0v) is 16.2. The van der Waals surface area contributed by atoms with Crippen molar-refractivity contribution >= 4 is 28.0 Å². The fourth-order valence-corrected chi connectivity index (χ4v) is 1.51. The van der Waals surface area contributed by atoms with Crippen molar-refractivity contribution in [3.05, 3.63) is 24.3 Å². The van der Waals surface area contributed by atoms with E-state index in [-0.39, 0.29) is 33.9 Å². The lowest BCUT2D eigenvalue weighted by Crippen LogP contribution is -2.09. The third-order valence-corrected chi connectivity index (χ3v) is 2.97. The van der Waals surface area contributed by atoms with Crippen molar-refractivity contribution in [2.75, 3.05) is 39.8 Å². The van der Waals surface area contributed by atoms with E-state index in [4.69, 9.17) is 0 Å².